The second kappa shape index (κ2) is 8.44. The molecule has 1 fully saturated rings. The smallest absolute Gasteiger partial charge is 0.0710 e. The third-order valence-electron chi connectivity index (χ3n) is 5.03. The Kier molecular flexibility index (Phi) is 5.79. The highest BCUT2D eigenvalue weighted by Crippen LogP contribution is 2.31. The van der Waals surface area contributed by atoms with Gasteiger partial charge in [-0.3, -0.25) is 14.9 Å². The number of aromatic amines is 1. The number of nitrogens with zero attached hydrogens (tertiary/aromatic N) is 3. The molecule has 0 saturated carbocycles. The third-order valence-corrected chi connectivity index (χ3v) is 5.57. The first-order chi connectivity index (χ1) is 13.2. The minimum absolute atomic E-state index is 0.638. The third kappa shape index (κ3) is 4.53. The van der Waals surface area contributed by atoms with Gasteiger partial charge < -0.3 is 0 Å². The summed E-state index contributed by atoms with van der Waals surface area (Å²) in [6, 6.07) is 16.2. The zero-order chi connectivity index (χ0) is 18.6. The Bertz CT molecular complexity index is 886. The summed E-state index contributed by atoms with van der Waals surface area (Å²) in [4.78, 5) is 4.98. The standard InChI is InChI=1S/C21H22Cl2N4/c22-18-6-7-19(20(23)12-18)21-17(13-24-25-21)15-27-10-8-26(9-11-27)14-16-4-2-1-3-5-16/h1-7,12-13H,8-11,14-15H2,(H,24,25). The zero-order valence-electron chi connectivity index (χ0n) is 15.0. The number of H-pyrrole nitrogens is 1. The minimum Gasteiger partial charge on any atom is -0.297 e. The van der Waals surface area contributed by atoms with Crippen LogP contribution in [0.4, 0.5) is 0 Å². The van der Waals surface area contributed by atoms with E-state index >= 15 is 0 Å². The van der Waals surface area contributed by atoms with Crippen LogP contribution in [0.25, 0.3) is 11.3 Å². The summed E-state index contributed by atoms with van der Waals surface area (Å²) in [5.41, 5.74) is 4.45. The van der Waals surface area contributed by atoms with Crippen molar-refractivity contribution in [3.63, 3.8) is 0 Å². The van der Waals surface area contributed by atoms with E-state index in [2.05, 4.69) is 50.3 Å². The second-order valence-electron chi connectivity index (χ2n) is 6.93. The average molecular weight is 401 g/mol. The Balaban J connectivity index is 1.38. The monoisotopic (exact) mass is 400 g/mol. The molecule has 3 aromatic rings. The van der Waals surface area contributed by atoms with E-state index in [1.165, 1.54) is 5.56 Å². The number of hydrogen-bond acceptors (Lipinski definition) is 3. The van der Waals surface area contributed by atoms with Crippen LogP contribution in [0.1, 0.15) is 11.1 Å². The van der Waals surface area contributed by atoms with Crippen LogP contribution >= 0.6 is 23.2 Å². The summed E-state index contributed by atoms with van der Waals surface area (Å²) in [7, 11) is 0. The average Bonchev–Trinajstić information content (AvgIpc) is 3.12. The van der Waals surface area contributed by atoms with Crippen molar-refractivity contribution in [2.45, 2.75) is 13.1 Å². The van der Waals surface area contributed by atoms with Crippen LogP contribution in [0.5, 0.6) is 0 Å². The van der Waals surface area contributed by atoms with Crippen LogP contribution in [0.15, 0.2) is 54.7 Å². The van der Waals surface area contributed by atoms with Crippen LogP contribution in [-0.2, 0) is 13.1 Å². The van der Waals surface area contributed by atoms with Crippen molar-refractivity contribution in [1.29, 1.82) is 0 Å². The molecule has 1 aliphatic heterocycles. The summed E-state index contributed by atoms with van der Waals surface area (Å²) in [6.07, 6.45) is 1.90. The first kappa shape index (κ1) is 18.5. The molecule has 0 unspecified atom stereocenters. The maximum absolute atomic E-state index is 6.38. The van der Waals surface area contributed by atoms with Gasteiger partial charge in [0.25, 0.3) is 0 Å². The van der Waals surface area contributed by atoms with Crippen molar-refractivity contribution in [2.75, 3.05) is 26.2 Å². The molecule has 0 bridgehead atoms. The molecule has 6 heteroatoms. The van der Waals surface area contributed by atoms with Gasteiger partial charge in [0.2, 0.25) is 0 Å². The van der Waals surface area contributed by atoms with Gasteiger partial charge in [-0.15, -0.1) is 0 Å². The Hall–Kier alpha value is -1.85. The number of nitrogens with one attached hydrogen (secondary N) is 1. The summed E-state index contributed by atoms with van der Waals surface area (Å²) in [5, 5.41) is 8.62. The van der Waals surface area contributed by atoms with Crippen LogP contribution in [0.3, 0.4) is 0 Å². The molecule has 2 heterocycles. The fraction of sp³-hybridized carbons (Fsp3) is 0.286. The topological polar surface area (TPSA) is 35.2 Å². The predicted octanol–water partition coefficient (Wildman–Crippen LogP) is 4.70. The van der Waals surface area contributed by atoms with E-state index in [0.717, 1.165) is 56.1 Å². The SMILES string of the molecule is Clc1ccc(-c2[nH]ncc2CN2CCN(Cc3ccccc3)CC2)c(Cl)c1. The fourth-order valence-corrected chi connectivity index (χ4v) is 4.05. The van der Waals surface area contributed by atoms with Gasteiger partial charge in [-0.05, 0) is 23.8 Å². The van der Waals surface area contributed by atoms with Gasteiger partial charge in [-0.1, -0.05) is 53.5 Å². The normalized spacial score (nSPS) is 15.9. The van der Waals surface area contributed by atoms with Crippen molar-refractivity contribution in [3.05, 3.63) is 75.9 Å². The lowest BCUT2D eigenvalue weighted by molar-refractivity contribution is 0.122. The van der Waals surface area contributed by atoms with E-state index in [1.54, 1.807) is 6.07 Å². The molecule has 4 rings (SSSR count). The van der Waals surface area contributed by atoms with Crippen LogP contribution in [0, 0.1) is 0 Å². The Morgan fingerprint density at radius 1 is 0.889 bits per heavy atom. The highest BCUT2D eigenvalue weighted by molar-refractivity contribution is 6.36. The van der Waals surface area contributed by atoms with E-state index in [0.29, 0.717) is 10.0 Å². The van der Waals surface area contributed by atoms with Gasteiger partial charge in [-0.2, -0.15) is 5.10 Å². The number of benzene rings is 2. The molecular weight excluding hydrogens is 379 g/mol. The maximum atomic E-state index is 6.38. The van der Waals surface area contributed by atoms with Crippen LogP contribution in [-0.4, -0.2) is 46.2 Å². The summed E-state index contributed by atoms with van der Waals surface area (Å²) < 4.78 is 0. The van der Waals surface area contributed by atoms with Crippen molar-refractivity contribution >= 4 is 23.2 Å². The summed E-state index contributed by atoms with van der Waals surface area (Å²) in [6.45, 7) is 6.13. The minimum atomic E-state index is 0.638. The van der Waals surface area contributed by atoms with E-state index in [1.807, 2.05) is 18.3 Å². The molecular formula is C21H22Cl2N4. The van der Waals surface area contributed by atoms with Gasteiger partial charge in [0.1, 0.15) is 0 Å². The second-order valence-corrected chi connectivity index (χ2v) is 7.78. The number of piperazine rings is 1. The maximum Gasteiger partial charge on any atom is 0.0710 e. The van der Waals surface area contributed by atoms with Gasteiger partial charge >= 0.3 is 0 Å². The van der Waals surface area contributed by atoms with Crippen molar-refractivity contribution in [3.8, 4) is 11.3 Å². The Labute approximate surface area is 169 Å². The molecule has 1 saturated heterocycles. The largest absolute Gasteiger partial charge is 0.297 e. The summed E-state index contributed by atoms with van der Waals surface area (Å²) >= 11 is 12.4. The molecule has 0 amide bonds. The first-order valence-electron chi connectivity index (χ1n) is 9.15. The van der Waals surface area contributed by atoms with E-state index in [9.17, 15) is 0 Å². The van der Waals surface area contributed by atoms with E-state index in [4.69, 9.17) is 23.2 Å². The predicted molar refractivity (Wildman–Crippen MR) is 111 cm³/mol. The van der Waals surface area contributed by atoms with Gasteiger partial charge in [0.15, 0.2) is 0 Å². The van der Waals surface area contributed by atoms with Crippen molar-refractivity contribution < 1.29 is 0 Å². The Morgan fingerprint density at radius 3 is 2.30 bits per heavy atom. The van der Waals surface area contributed by atoms with E-state index in [-0.39, 0.29) is 0 Å². The van der Waals surface area contributed by atoms with Gasteiger partial charge in [0, 0.05) is 55.4 Å². The van der Waals surface area contributed by atoms with Crippen molar-refractivity contribution in [1.82, 2.24) is 20.0 Å². The highest BCUT2D eigenvalue weighted by atomic mass is 35.5. The molecule has 2 aromatic carbocycles. The highest BCUT2D eigenvalue weighted by Gasteiger charge is 2.19. The lowest BCUT2D eigenvalue weighted by atomic mass is 10.1. The lowest BCUT2D eigenvalue weighted by Crippen LogP contribution is -2.45. The fourth-order valence-electron chi connectivity index (χ4n) is 3.54. The first-order valence-corrected chi connectivity index (χ1v) is 9.91. The van der Waals surface area contributed by atoms with Gasteiger partial charge in [0.05, 0.1) is 16.9 Å². The van der Waals surface area contributed by atoms with E-state index < -0.39 is 0 Å². The molecule has 140 valence electrons. The number of halogens is 2. The molecule has 0 spiro atoms. The van der Waals surface area contributed by atoms with Crippen molar-refractivity contribution in [2.24, 2.45) is 0 Å². The molecule has 0 atom stereocenters. The lowest BCUT2D eigenvalue weighted by Gasteiger charge is -2.34. The molecule has 1 aromatic heterocycles. The molecule has 4 nitrogen and oxygen atoms in total. The summed E-state index contributed by atoms with van der Waals surface area (Å²) in [5.74, 6) is 0. The molecule has 1 N–H and O–H groups in total. The molecule has 1 aliphatic rings. The van der Waals surface area contributed by atoms with Gasteiger partial charge in [-0.25, -0.2) is 0 Å². The zero-order valence-corrected chi connectivity index (χ0v) is 16.5. The quantitative estimate of drug-likeness (QED) is 0.673. The Morgan fingerprint density at radius 2 is 1.59 bits per heavy atom. The van der Waals surface area contributed by atoms with Crippen LogP contribution in [0.2, 0.25) is 10.0 Å². The van der Waals surface area contributed by atoms with Crippen LogP contribution < -0.4 is 0 Å². The molecule has 0 aliphatic carbocycles. The molecule has 0 radical (unpaired) electrons. The number of aromatic nitrogens is 2. The number of hydrogen-bond donors (Lipinski definition) is 1. The number of rotatable bonds is 5. The molecule has 27 heavy (non-hydrogen) atoms.